The van der Waals surface area contributed by atoms with Crippen LogP contribution in [0.3, 0.4) is 0 Å². The number of nitrogens with zero attached hydrogens (tertiary/aromatic N) is 4. The van der Waals surface area contributed by atoms with Gasteiger partial charge >= 0.3 is 0 Å². The predicted molar refractivity (Wildman–Crippen MR) is 92.9 cm³/mol. The normalized spacial score (nSPS) is 17.5. The van der Waals surface area contributed by atoms with E-state index in [1.165, 1.54) is 0 Å². The molecule has 2 heterocycles. The number of hydrogen-bond donors (Lipinski definition) is 1. The molecule has 2 aromatic rings. The molecule has 132 valence electrons. The van der Waals surface area contributed by atoms with Crippen LogP contribution in [0, 0.1) is 5.92 Å². The van der Waals surface area contributed by atoms with Crippen molar-refractivity contribution in [2.45, 2.75) is 25.8 Å². The molecule has 25 heavy (non-hydrogen) atoms. The van der Waals surface area contributed by atoms with Gasteiger partial charge in [-0.05, 0) is 18.4 Å². The molecule has 1 aromatic carbocycles. The molecule has 0 unspecified atom stereocenters. The van der Waals surface area contributed by atoms with E-state index >= 15 is 0 Å². The molecule has 1 saturated heterocycles. The molecule has 1 aliphatic heterocycles. The van der Waals surface area contributed by atoms with Gasteiger partial charge in [0.1, 0.15) is 5.78 Å². The fourth-order valence-electron chi connectivity index (χ4n) is 3.17. The first kappa shape index (κ1) is 17.3. The lowest BCUT2D eigenvalue weighted by atomic mass is 9.90. The zero-order valence-electron chi connectivity index (χ0n) is 14.2. The van der Waals surface area contributed by atoms with Crippen molar-refractivity contribution in [1.29, 1.82) is 0 Å². The van der Waals surface area contributed by atoms with Gasteiger partial charge in [-0.25, -0.2) is 0 Å². The maximum atomic E-state index is 12.6. The molecule has 1 fully saturated rings. The van der Waals surface area contributed by atoms with Crippen molar-refractivity contribution in [2.24, 2.45) is 11.7 Å². The zero-order chi connectivity index (χ0) is 17.6. The van der Waals surface area contributed by atoms with Gasteiger partial charge in [0.2, 0.25) is 0 Å². The highest BCUT2D eigenvalue weighted by molar-refractivity contribution is 5.92. The highest BCUT2D eigenvalue weighted by Crippen LogP contribution is 2.20. The van der Waals surface area contributed by atoms with Crippen LogP contribution in [0.2, 0.25) is 0 Å². The average Bonchev–Trinajstić information content (AvgIpc) is 3.11. The Hall–Kier alpha value is -2.54. The van der Waals surface area contributed by atoms with Crippen molar-refractivity contribution in [3.63, 3.8) is 0 Å². The highest BCUT2D eigenvalue weighted by Gasteiger charge is 2.29. The molecule has 0 radical (unpaired) electrons. The van der Waals surface area contributed by atoms with Gasteiger partial charge in [-0.3, -0.25) is 14.3 Å². The lowest BCUT2D eigenvalue weighted by Gasteiger charge is -2.31. The number of benzene rings is 1. The lowest BCUT2D eigenvalue weighted by molar-refractivity contribution is -0.123. The number of rotatable bonds is 6. The van der Waals surface area contributed by atoms with Gasteiger partial charge in [0.25, 0.3) is 5.91 Å². The fourth-order valence-corrected chi connectivity index (χ4v) is 3.17. The van der Waals surface area contributed by atoms with Crippen molar-refractivity contribution < 1.29 is 9.59 Å². The van der Waals surface area contributed by atoms with Crippen LogP contribution in [0.1, 0.15) is 28.9 Å². The van der Waals surface area contributed by atoms with Crippen molar-refractivity contribution in [3.05, 3.63) is 47.8 Å². The van der Waals surface area contributed by atoms with Crippen LogP contribution in [0.25, 0.3) is 0 Å². The smallest absolute Gasteiger partial charge is 0.276 e. The van der Waals surface area contributed by atoms with Crippen molar-refractivity contribution in [3.8, 4) is 0 Å². The van der Waals surface area contributed by atoms with Crippen molar-refractivity contribution in [1.82, 2.24) is 19.9 Å². The summed E-state index contributed by atoms with van der Waals surface area (Å²) >= 11 is 0. The van der Waals surface area contributed by atoms with E-state index in [0.29, 0.717) is 38.3 Å². The zero-order valence-corrected chi connectivity index (χ0v) is 14.2. The standard InChI is InChI=1S/C18H23N5O2/c19-8-10-23-13-16(20-21-23)18(25)22-9-4-7-15(12-22)17(24)11-14-5-2-1-3-6-14/h1-3,5-6,13,15H,4,7-12,19H2/t15-/m0/s1. The fraction of sp³-hybridized carbons (Fsp3) is 0.444. The van der Waals surface area contributed by atoms with Crippen LogP contribution in [0.15, 0.2) is 36.5 Å². The molecule has 0 spiro atoms. The van der Waals surface area contributed by atoms with Gasteiger partial charge < -0.3 is 10.6 Å². The predicted octanol–water partition coefficient (Wildman–Crippen LogP) is 0.901. The van der Waals surface area contributed by atoms with E-state index in [1.807, 2.05) is 30.3 Å². The molecule has 7 nitrogen and oxygen atoms in total. The summed E-state index contributed by atoms with van der Waals surface area (Å²) in [5.74, 6) is -0.0899. The van der Waals surface area contributed by atoms with Gasteiger partial charge in [0.05, 0.1) is 12.7 Å². The molecule has 1 aliphatic rings. The van der Waals surface area contributed by atoms with E-state index in [2.05, 4.69) is 10.3 Å². The van der Waals surface area contributed by atoms with Gasteiger partial charge in [0.15, 0.2) is 5.69 Å². The average molecular weight is 341 g/mol. The summed E-state index contributed by atoms with van der Waals surface area (Å²) in [7, 11) is 0. The minimum atomic E-state index is -0.166. The second-order valence-corrected chi connectivity index (χ2v) is 6.37. The molecule has 1 amide bonds. The first-order chi connectivity index (χ1) is 12.2. The summed E-state index contributed by atoms with van der Waals surface area (Å²) < 4.78 is 1.56. The van der Waals surface area contributed by atoms with Crippen LogP contribution in [-0.2, 0) is 17.8 Å². The van der Waals surface area contributed by atoms with E-state index < -0.39 is 0 Å². The van der Waals surface area contributed by atoms with Crippen LogP contribution < -0.4 is 5.73 Å². The number of carbonyl (C=O) groups excluding carboxylic acids is 2. The van der Waals surface area contributed by atoms with Crippen molar-refractivity contribution in [2.75, 3.05) is 19.6 Å². The third-order valence-corrected chi connectivity index (χ3v) is 4.50. The first-order valence-electron chi connectivity index (χ1n) is 8.63. The molecule has 1 atom stereocenters. The summed E-state index contributed by atoms with van der Waals surface area (Å²) in [6.07, 6.45) is 3.69. The Morgan fingerprint density at radius 1 is 1.24 bits per heavy atom. The number of nitrogens with two attached hydrogens (primary N) is 1. The molecule has 3 rings (SSSR count). The second-order valence-electron chi connectivity index (χ2n) is 6.37. The largest absolute Gasteiger partial charge is 0.336 e. The van der Waals surface area contributed by atoms with E-state index in [4.69, 9.17) is 5.73 Å². The van der Waals surface area contributed by atoms with Crippen LogP contribution in [-0.4, -0.2) is 51.2 Å². The number of ketones is 1. The third kappa shape index (κ3) is 4.30. The monoisotopic (exact) mass is 341 g/mol. The molecular weight excluding hydrogens is 318 g/mol. The SMILES string of the molecule is NCCn1cc(C(=O)N2CCC[C@H](C(=O)Cc3ccccc3)C2)nn1. The maximum Gasteiger partial charge on any atom is 0.276 e. The van der Waals surface area contributed by atoms with Gasteiger partial charge in [0, 0.05) is 32.0 Å². The summed E-state index contributed by atoms with van der Waals surface area (Å²) in [6, 6.07) is 9.72. The topological polar surface area (TPSA) is 94.1 Å². The molecule has 7 heteroatoms. The number of carbonyl (C=O) groups is 2. The maximum absolute atomic E-state index is 12.6. The van der Waals surface area contributed by atoms with E-state index in [9.17, 15) is 9.59 Å². The minimum absolute atomic E-state index is 0.114. The van der Waals surface area contributed by atoms with E-state index in [0.717, 1.165) is 18.4 Å². The summed E-state index contributed by atoms with van der Waals surface area (Å²) in [6.45, 7) is 2.07. The van der Waals surface area contributed by atoms with E-state index in [-0.39, 0.29) is 17.6 Å². The first-order valence-corrected chi connectivity index (χ1v) is 8.63. The van der Waals surface area contributed by atoms with Gasteiger partial charge in [-0.1, -0.05) is 35.5 Å². The quantitative estimate of drug-likeness (QED) is 0.842. The Bertz CT molecular complexity index is 728. The summed E-state index contributed by atoms with van der Waals surface area (Å²) in [5, 5.41) is 7.83. The Balaban J connectivity index is 1.61. The van der Waals surface area contributed by atoms with Gasteiger partial charge in [-0.2, -0.15) is 0 Å². The summed E-state index contributed by atoms with van der Waals surface area (Å²) in [4.78, 5) is 26.9. The minimum Gasteiger partial charge on any atom is -0.336 e. The molecule has 2 N–H and O–H groups in total. The highest BCUT2D eigenvalue weighted by atomic mass is 16.2. The molecule has 0 bridgehead atoms. The number of likely N-dealkylation sites (tertiary alicyclic amines) is 1. The number of amides is 1. The number of aromatic nitrogens is 3. The molecule has 0 aliphatic carbocycles. The van der Waals surface area contributed by atoms with Crippen LogP contribution >= 0.6 is 0 Å². The Kier molecular flexibility index (Phi) is 5.55. The Morgan fingerprint density at radius 3 is 2.80 bits per heavy atom. The van der Waals surface area contributed by atoms with E-state index in [1.54, 1.807) is 15.8 Å². The second kappa shape index (κ2) is 8.02. The lowest BCUT2D eigenvalue weighted by Crippen LogP contribution is -2.42. The third-order valence-electron chi connectivity index (χ3n) is 4.50. The Morgan fingerprint density at radius 2 is 2.04 bits per heavy atom. The van der Waals surface area contributed by atoms with Crippen LogP contribution in [0.5, 0.6) is 0 Å². The molecule has 0 saturated carbocycles. The molecular formula is C18H23N5O2. The Labute approximate surface area is 146 Å². The number of hydrogen-bond acceptors (Lipinski definition) is 5. The van der Waals surface area contributed by atoms with Crippen LogP contribution in [0.4, 0.5) is 0 Å². The molecule has 1 aromatic heterocycles. The number of Topliss-reactive ketones (excluding diaryl/α,β-unsaturated/α-hetero) is 1. The number of piperidine rings is 1. The summed E-state index contributed by atoms with van der Waals surface area (Å²) in [5.41, 5.74) is 6.81. The van der Waals surface area contributed by atoms with Crippen molar-refractivity contribution >= 4 is 11.7 Å². The van der Waals surface area contributed by atoms with Gasteiger partial charge in [-0.15, -0.1) is 5.10 Å².